The van der Waals surface area contributed by atoms with E-state index >= 15 is 0 Å². The summed E-state index contributed by atoms with van der Waals surface area (Å²) in [4.78, 5) is 13.0. The van der Waals surface area contributed by atoms with Crippen LogP contribution in [0.5, 0.6) is 11.5 Å². The number of carbonyl (C=O) groups excluding carboxylic acids is 1. The first-order chi connectivity index (χ1) is 12.7. The molecule has 134 valence electrons. The molecule has 2 aromatic carbocycles. The number of hydrogen-bond acceptors (Lipinski definition) is 4. The predicted molar refractivity (Wildman–Crippen MR) is 105 cm³/mol. The fraction of sp³-hybridized carbons (Fsp3) is 0.190. The summed E-state index contributed by atoms with van der Waals surface area (Å²) in [5.74, 6) is 1.38. The zero-order valence-corrected chi connectivity index (χ0v) is 15.6. The molecule has 0 saturated heterocycles. The summed E-state index contributed by atoms with van der Waals surface area (Å²) in [5, 5.41) is 4.87. The molecule has 3 aromatic rings. The average Bonchev–Trinajstić information content (AvgIpc) is 3.16. The summed E-state index contributed by atoms with van der Waals surface area (Å²) in [5.41, 5.74) is 3.01. The van der Waals surface area contributed by atoms with Gasteiger partial charge in [0.05, 0.1) is 12.0 Å². The van der Waals surface area contributed by atoms with E-state index in [1.807, 2.05) is 60.0 Å². The van der Waals surface area contributed by atoms with E-state index < -0.39 is 0 Å². The Kier molecular flexibility index (Phi) is 5.92. The number of nitrogens with one attached hydrogen (secondary N) is 1. The van der Waals surface area contributed by atoms with Gasteiger partial charge in [0.25, 0.3) is 5.91 Å². The minimum atomic E-state index is -0.105. The first-order valence-corrected chi connectivity index (χ1v) is 9.30. The number of thiophene rings is 1. The maximum absolute atomic E-state index is 12.4. The minimum Gasteiger partial charge on any atom is -0.497 e. The largest absolute Gasteiger partial charge is 0.497 e. The molecule has 0 aliphatic rings. The monoisotopic (exact) mass is 367 g/mol. The molecule has 26 heavy (non-hydrogen) atoms. The molecule has 0 radical (unpaired) electrons. The van der Waals surface area contributed by atoms with Gasteiger partial charge in [-0.05, 0) is 47.7 Å². The van der Waals surface area contributed by atoms with Crippen molar-refractivity contribution in [2.45, 2.75) is 20.0 Å². The van der Waals surface area contributed by atoms with Crippen LogP contribution in [-0.4, -0.2) is 13.0 Å². The SMILES string of the molecule is CCc1ccc(NC(=O)c2cc(COc3cccc(OC)c3)cs2)cc1. The van der Waals surface area contributed by atoms with Crippen LogP contribution in [0.2, 0.25) is 0 Å². The molecule has 0 bridgehead atoms. The molecular formula is C21H21NO3S. The minimum absolute atomic E-state index is 0.105. The average molecular weight is 367 g/mol. The van der Waals surface area contributed by atoms with E-state index in [2.05, 4.69) is 12.2 Å². The Morgan fingerprint density at radius 3 is 2.54 bits per heavy atom. The number of methoxy groups -OCH3 is 1. The molecule has 1 N–H and O–H groups in total. The van der Waals surface area contributed by atoms with Crippen molar-refractivity contribution in [3.63, 3.8) is 0 Å². The number of amides is 1. The van der Waals surface area contributed by atoms with E-state index in [-0.39, 0.29) is 5.91 Å². The highest BCUT2D eigenvalue weighted by molar-refractivity contribution is 7.12. The van der Waals surface area contributed by atoms with Crippen molar-refractivity contribution >= 4 is 22.9 Å². The Hall–Kier alpha value is -2.79. The maximum Gasteiger partial charge on any atom is 0.265 e. The van der Waals surface area contributed by atoms with Crippen molar-refractivity contribution in [2.24, 2.45) is 0 Å². The first kappa shape index (κ1) is 18.0. The molecule has 4 nitrogen and oxygen atoms in total. The van der Waals surface area contributed by atoms with Gasteiger partial charge in [-0.15, -0.1) is 11.3 Å². The summed E-state index contributed by atoms with van der Waals surface area (Å²) < 4.78 is 10.9. The van der Waals surface area contributed by atoms with Gasteiger partial charge in [-0.3, -0.25) is 4.79 Å². The normalized spacial score (nSPS) is 10.4. The zero-order chi connectivity index (χ0) is 18.4. The number of benzene rings is 2. The third-order valence-electron chi connectivity index (χ3n) is 3.94. The van der Waals surface area contributed by atoms with E-state index in [1.54, 1.807) is 7.11 Å². The van der Waals surface area contributed by atoms with Gasteiger partial charge in [0.1, 0.15) is 18.1 Å². The van der Waals surface area contributed by atoms with Crippen LogP contribution in [0.4, 0.5) is 5.69 Å². The molecule has 0 unspecified atom stereocenters. The van der Waals surface area contributed by atoms with Gasteiger partial charge in [0, 0.05) is 17.3 Å². The molecule has 5 heteroatoms. The highest BCUT2D eigenvalue weighted by Crippen LogP contribution is 2.22. The molecule has 1 aromatic heterocycles. The quantitative estimate of drug-likeness (QED) is 0.628. The molecular weight excluding hydrogens is 346 g/mol. The van der Waals surface area contributed by atoms with Crippen molar-refractivity contribution in [2.75, 3.05) is 12.4 Å². The summed E-state index contributed by atoms with van der Waals surface area (Å²) in [7, 11) is 1.62. The van der Waals surface area contributed by atoms with Crippen LogP contribution >= 0.6 is 11.3 Å². The van der Waals surface area contributed by atoms with Crippen molar-refractivity contribution in [3.8, 4) is 11.5 Å². The van der Waals surface area contributed by atoms with Gasteiger partial charge in [0.15, 0.2) is 0 Å². The van der Waals surface area contributed by atoms with Gasteiger partial charge in [-0.25, -0.2) is 0 Å². The molecule has 0 spiro atoms. The Morgan fingerprint density at radius 2 is 1.81 bits per heavy atom. The second-order valence-electron chi connectivity index (χ2n) is 5.79. The van der Waals surface area contributed by atoms with Crippen molar-refractivity contribution in [3.05, 3.63) is 76.0 Å². The van der Waals surface area contributed by atoms with Gasteiger partial charge in [-0.1, -0.05) is 25.1 Å². The molecule has 3 rings (SSSR count). The molecule has 1 heterocycles. The highest BCUT2D eigenvalue weighted by atomic mass is 32.1. The van der Waals surface area contributed by atoms with Gasteiger partial charge < -0.3 is 14.8 Å². The fourth-order valence-electron chi connectivity index (χ4n) is 2.44. The molecule has 0 aliphatic carbocycles. The number of rotatable bonds is 7. The van der Waals surface area contributed by atoms with E-state index in [9.17, 15) is 4.79 Å². The van der Waals surface area contributed by atoms with Crippen LogP contribution < -0.4 is 14.8 Å². The van der Waals surface area contributed by atoms with Gasteiger partial charge in [0.2, 0.25) is 0 Å². The lowest BCUT2D eigenvalue weighted by atomic mass is 10.1. The first-order valence-electron chi connectivity index (χ1n) is 8.42. The van der Waals surface area contributed by atoms with Crippen LogP contribution in [-0.2, 0) is 13.0 Å². The third-order valence-corrected chi connectivity index (χ3v) is 4.92. The second-order valence-corrected chi connectivity index (χ2v) is 6.70. The van der Waals surface area contributed by atoms with Gasteiger partial charge in [-0.2, -0.15) is 0 Å². The second kappa shape index (κ2) is 8.54. The number of carbonyl (C=O) groups is 1. The fourth-order valence-corrected chi connectivity index (χ4v) is 3.24. The lowest BCUT2D eigenvalue weighted by molar-refractivity contribution is 0.103. The number of aryl methyl sites for hydroxylation is 1. The van der Waals surface area contributed by atoms with E-state index in [4.69, 9.17) is 9.47 Å². The van der Waals surface area contributed by atoms with Gasteiger partial charge >= 0.3 is 0 Å². The lowest BCUT2D eigenvalue weighted by Crippen LogP contribution is -2.10. The smallest absolute Gasteiger partial charge is 0.265 e. The summed E-state index contributed by atoms with van der Waals surface area (Å²) in [6.45, 7) is 2.51. The molecule has 0 aliphatic heterocycles. The molecule has 0 saturated carbocycles. The van der Waals surface area contributed by atoms with E-state index in [1.165, 1.54) is 16.9 Å². The van der Waals surface area contributed by atoms with Crippen molar-refractivity contribution in [1.82, 2.24) is 0 Å². The van der Waals surface area contributed by atoms with Crippen LogP contribution in [0.15, 0.2) is 60.0 Å². The van der Waals surface area contributed by atoms with Crippen LogP contribution in [0.1, 0.15) is 27.7 Å². The standard InChI is InChI=1S/C21H21NO3S/c1-3-15-7-9-17(10-8-15)22-21(23)20-11-16(14-26-20)13-25-19-6-4-5-18(12-19)24-2/h4-12,14H,3,13H2,1-2H3,(H,22,23). The predicted octanol–water partition coefficient (Wildman–Crippen LogP) is 5.15. The van der Waals surface area contributed by atoms with Crippen LogP contribution in [0, 0.1) is 0 Å². The Morgan fingerprint density at radius 1 is 1.04 bits per heavy atom. The lowest BCUT2D eigenvalue weighted by Gasteiger charge is -2.06. The topological polar surface area (TPSA) is 47.6 Å². The summed E-state index contributed by atoms with van der Waals surface area (Å²) in [6.07, 6.45) is 0.982. The highest BCUT2D eigenvalue weighted by Gasteiger charge is 2.10. The third kappa shape index (κ3) is 4.64. The zero-order valence-electron chi connectivity index (χ0n) is 14.8. The summed E-state index contributed by atoms with van der Waals surface area (Å²) >= 11 is 1.41. The Bertz CT molecular complexity index is 871. The van der Waals surface area contributed by atoms with E-state index in [0.717, 1.165) is 29.2 Å². The number of ether oxygens (including phenoxy) is 2. The molecule has 0 atom stereocenters. The number of hydrogen-bond donors (Lipinski definition) is 1. The molecule has 0 fully saturated rings. The maximum atomic E-state index is 12.4. The van der Waals surface area contributed by atoms with Crippen molar-refractivity contribution < 1.29 is 14.3 Å². The number of anilines is 1. The summed E-state index contributed by atoms with van der Waals surface area (Å²) in [6, 6.07) is 17.2. The Balaban J connectivity index is 1.58. The van der Waals surface area contributed by atoms with Crippen LogP contribution in [0.3, 0.4) is 0 Å². The van der Waals surface area contributed by atoms with Crippen LogP contribution in [0.25, 0.3) is 0 Å². The molecule has 1 amide bonds. The van der Waals surface area contributed by atoms with E-state index in [0.29, 0.717) is 11.5 Å². The van der Waals surface area contributed by atoms with Crippen molar-refractivity contribution in [1.29, 1.82) is 0 Å². The Labute approximate surface area is 157 Å².